The van der Waals surface area contributed by atoms with Crippen molar-refractivity contribution in [2.45, 2.75) is 57.8 Å². The summed E-state index contributed by atoms with van der Waals surface area (Å²) in [4.78, 5) is 40.4. The molecule has 0 bridgehead atoms. The van der Waals surface area contributed by atoms with Crippen LogP contribution in [0.3, 0.4) is 0 Å². The van der Waals surface area contributed by atoms with E-state index in [1.165, 1.54) is 37.7 Å². The van der Waals surface area contributed by atoms with Gasteiger partial charge in [-0.3, -0.25) is 14.9 Å². The number of carboxylic acids is 1. The van der Waals surface area contributed by atoms with Crippen LogP contribution in [-0.2, 0) is 11.2 Å². The van der Waals surface area contributed by atoms with E-state index < -0.39 is 12.1 Å². The topological polar surface area (TPSA) is 118 Å². The number of rotatable bonds is 9. The number of fused-ring (bicyclic) bond motifs is 1. The number of hydrogen-bond donors (Lipinski definition) is 3. The first-order valence-electron chi connectivity index (χ1n) is 13.9. The summed E-state index contributed by atoms with van der Waals surface area (Å²) in [5.41, 5.74) is 5.05. The van der Waals surface area contributed by atoms with Crippen LogP contribution in [0.4, 0.5) is 10.5 Å². The SMILES string of the molecule is Cc1nc2c(Cc3ccc(C4CCCCC4)cc3)c(OC(=O)Nc3ccc(C(=O)NCCC(=O)O)cc3)ccc2s1. The number of hydrogen-bond acceptors (Lipinski definition) is 6. The maximum atomic E-state index is 12.9. The van der Waals surface area contributed by atoms with E-state index in [0.29, 0.717) is 29.3 Å². The zero-order chi connectivity index (χ0) is 28.8. The monoisotopic (exact) mass is 571 g/mol. The Morgan fingerprint density at radius 2 is 1.71 bits per heavy atom. The molecule has 1 saturated carbocycles. The molecule has 0 unspecified atom stereocenters. The van der Waals surface area contributed by atoms with Gasteiger partial charge < -0.3 is 15.2 Å². The average Bonchev–Trinajstić information content (AvgIpc) is 3.36. The molecule has 212 valence electrons. The number of carbonyl (C=O) groups is 3. The van der Waals surface area contributed by atoms with Gasteiger partial charge in [-0.2, -0.15) is 0 Å². The highest BCUT2D eigenvalue weighted by atomic mass is 32.1. The largest absolute Gasteiger partial charge is 0.481 e. The first kappa shape index (κ1) is 28.3. The summed E-state index contributed by atoms with van der Waals surface area (Å²) in [6, 6.07) is 18.9. The zero-order valence-electron chi connectivity index (χ0n) is 22.9. The Morgan fingerprint density at radius 1 is 0.976 bits per heavy atom. The summed E-state index contributed by atoms with van der Waals surface area (Å²) in [7, 11) is 0. The van der Waals surface area contributed by atoms with Gasteiger partial charge in [-0.15, -0.1) is 11.3 Å². The molecule has 1 aromatic heterocycles. The lowest BCUT2D eigenvalue weighted by Crippen LogP contribution is -2.26. The lowest BCUT2D eigenvalue weighted by molar-refractivity contribution is -0.136. The van der Waals surface area contributed by atoms with Crippen LogP contribution in [0, 0.1) is 6.92 Å². The van der Waals surface area contributed by atoms with Crippen LogP contribution < -0.4 is 15.4 Å². The second-order valence-corrected chi connectivity index (χ2v) is 11.6. The molecule has 8 nitrogen and oxygen atoms in total. The summed E-state index contributed by atoms with van der Waals surface area (Å²) in [6.07, 6.45) is 6.23. The Balaban J connectivity index is 1.28. The number of anilines is 1. The van der Waals surface area contributed by atoms with Crippen LogP contribution in [0.25, 0.3) is 10.2 Å². The molecule has 0 aliphatic heterocycles. The van der Waals surface area contributed by atoms with Crippen LogP contribution in [0.1, 0.15) is 76.5 Å². The van der Waals surface area contributed by atoms with Gasteiger partial charge in [0.25, 0.3) is 5.91 Å². The average molecular weight is 572 g/mol. The fraction of sp³-hybridized carbons (Fsp3) is 0.312. The molecule has 0 spiro atoms. The fourth-order valence-corrected chi connectivity index (χ4v) is 6.14. The lowest BCUT2D eigenvalue weighted by Gasteiger charge is -2.22. The summed E-state index contributed by atoms with van der Waals surface area (Å²) >= 11 is 1.61. The van der Waals surface area contributed by atoms with Crippen molar-refractivity contribution in [3.05, 3.63) is 87.9 Å². The molecule has 9 heteroatoms. The minimum atomic E-state index is -0.983. The lowest BCUT2D eigenvalue weighted by atomic mass is 9.84. The highest BCUT2D eigenvalue weighted by Crippen LogP contribution is 2.35. The van der Waals surface area contributed by atoms with Gasteiger partial charge >= 0.3 is 12.1 Å². The van der Waals surface area contributed by atoms with E-state index in [4.69, 9.17) is 14.8 Å². The van der Waals surface area contributed by atoms with Gasteiger partial charge in [0.15, 0.2) is 0 Å². The molecule has 0 radical (unpaired) electrons. The third kappa shape index (κ3) is 7.29. The number of carboxylic acid groups (broad SMARTS) is 1. The van der Waals surface area contributed by atoms with Crippen molar-refractivity contribution >= 4 is 45.2 Å². The maximum Gasteiger partial charge on any atom is 0.417 e. The van der Waals surface area contributed by atoms with Crippen molar-refractivity contribution in [1.29, 1.82) is 0 Å². The van der Waals surface area contributed by atoms with Crippen molar-refractivity contribution in [3.8, 4) is 5.75 Å². The van der Waals surface area contributed by atoms with Gasteiger partial charge in [-0.25, -0.2) is 9.78 Å². The van der Waals surface area contributed by atoms with E-state index in [2.05, 4.69) is 34.9 Å². The minimum Gasteiger partial charge on any atom is -0.481 e. The van der Waals surface area contributed by atoms with Gasteiger partial charge in [0.2, 0.25) is 0 Å². The van der Waals surface area contributed by atoms with Crippen LogP contribution in [0.5, 0.6) is 5.75 Å². The molecule has 4 aromatic rings. The van der Waals surface area contributed by atoms with E-state index in [1.807, 2.05) is 19.1 Å². The van der Waals surface area contributed by atoms with Gasteiger partial charge in [-0.05, 0) is 73.2 Å². The van der Waals surface area contributed by atoms with Crippen molar-refractivity contribution in [2.75, 3.05) is 11.9 Å². The van der Waals surface area contributed by atoms with Crippen LogP contribution in [-0.4, -0.2) is 34.6 Å². The third-order valence-corrected chi connectivity index (χ3v) is 8.32. The Bertz CT molecular complexity index is 1540. The number of aryl methyl sites for hydroxylation is 1. The smallest absolute Gasteiger partial charge is 0.417 e. The highest BCUT2D eigenvalue weighted by Gasteiger charge is 2.18. The molecular weight excluding hydrogens is 538 g/mol. The summed E-state index contributed by atoms with van der Waals surface area (Å²) in [5.74, 6) is -0.275. The molecule has 3 N–H and O–H groups in total. The number of aromatic nitrogens is 1. The maximum absolute atomic E-state index is 12.9. The summed E-state index contributed by atoms with van der Waals surface area (Å²) < 4.78 is 6.83. The van der Waals surface area contributed by atoms with Gasteiger partial charge in [-0.1, -0.05) is 43.5 Å². The van der Waals surface area contributed by atoms with Gasteiger partial charge in [0.05, 0.1) is 21.6 Å². The number of ether oxygens (including phenoxy) is 1. The van der Waals surface area contributed by atoms with Crippen molar-refractivity contribution in [1.82, 2.24) is 10.3 Å². The van der Waals surface area contributed by atoms with Gasteiger partial charge in [0, 0.05) is 29.8 Å². The van der Waals surface area contributed by atoms with E-state index >= 15 is 0 Å². The van der Waals surface area contributed by atoms with E-state index in [9.17, 15) is 14.4 Å². The van der Waals surface area contributed by atoms with Crippen molar-refractivity contribution < 1.29 is 24.2 Å². The van der Waals surface area contributed by atoms with Crippen LogP contribution in [0.2, 0.25) is 0 Å². The molecule has 2 amide bonds. The van der Waals surface area contributed by atoms with Crippen molar-refractivity contribution in [3.63, 3.8) is 0 Å². The minimum absolute atomic E-state index is 0.0380. The second-order valence-electron chi connectivity index (χ2n) is 10.4. The zero-order valence-corrected chi connectivity index (χ0v) is 23.8. The number of thiazole rings is 1. The number of benzene rings is 3. The Kier molecular flexibility index (Phi) is 8.94. The molecule has 1 aliphatic carbocycles. The second kappa shape index (κ2) is 13.0. The molecule has 0 atom stereocenters. The van der Waals surface area contributed by atoms with Crippen LogP contribution >= 0.6 is 11.3 Å². The molecule has 1 fully saturated rings. The molecule has 1 aliphatic rings. The molecule has 3 aromatic carbocycles. The first-order valence-corrected chi connectivity index (χ1v) is 14.7. The standard InChI is InChI=1S/C32H33N3O5S/c1-20-34-30-26(19-21-7-9-23(10-8-21)22-5-3-2-4-6-22)27(15-16-28(30)41-20)40-32(39)35-25-13-11-24(12-14-25)31(38)33-18-17-29(36)37/h7-16,22H,2-6,17-19H2,1H3,(H,33,38)(H,35,39)(H,36,37). The third-order valence-electron chi connectivity index (χ3n) is 7.39. The summed E-state index contributed by atoms with van der Waals surface area (Å²) in [5, 5.41) is 14.9. The molecular formula is C32H33N3O5S. The predicted molar refractivity (Wildman–Crippen MR) is 160 cm³/mol. The summed E-state index contributed by atoms with van der Waals surface area (Å²) in [6.45, 7) is 2.01. The number of amides is 2. The van der Waals surface area contributed by atoms with E-state index in [0.717, 1.165) is 26.4 Å². The van der Waals surface area contributed by atoms with E-state index in [-0.39, 0.29) is 18.9 Å². The van der Waals surface area contributed by atoms with Gasteiger partial charge in [0.1, 0.15) is 5.75 Å². The molecule has 5 rings (SSSR count). The molecule has 0 saturated heterocycles. The first-order chi connectivity index (χ1) is 19.9. The van der Waals surface area contributed by atoms with E-state index in [1.54, 1.807) is 35.6 Å². The molecule has 1 heterocycles. The quantitative estimate of drug-likeness (QED) is 0.198. The predicted octanol–water partition coefficient (Wildman–Crippen LogP) is 7.06. The van der Waals surface area contributed by atoms with Crippen molar-refractivity contribution in [2.24, 2.45) is 0 Å². The Hall–Kier alpha value is -4.24. The number of aliphatic carboxylic acids is 1. The number of carbonyl (C=O) groups excluding carboxylic acids is 2. The molecule has 41 heavy (non-hydrogen) atoms. The Labute approximate surface area is 242 Å². The fourth-order valence-electron chi connectivity index (χ4n) is 5.29. The number of nitrogens with one attached hydrogen (secondary N) is 2. The normalized spacial score (nSPS) is 13.6. The van der Waals surface area contributed by atoms with Crippen LogP contribution in [0.15, 0.2) is 60.7 Å². The highest BCUT2D eigenvalue weighted by molar-refractivity contribution is 7.18. The number of nitrogens with zero attached hydrogens (tertiary/aromatic N) is 1. The Morgan fingerprint density at radius 3 is 2.41 bits per heavy atom.